The highest BCUT2D eigenvalue weighted by Crippen LogP contribution is 2.27. The number of rotatable bonds is 2. The Bertz CT molecular complexity index is 475. The van der Waals surface area contributed by atoms with E-state index in [1.807, 2.05) is 0 Å². The van der Waals surface area contributed by atoms with Crippen molar-refractivity contribution >= 4 is 17.5 Å². The molecule has 3 nitrogen and oxygen atoms in total. The molecule has 1 N–H and O–H groups in total. The Hall–Kier alpha value is -1.27. The van der Waals surface area contributed by atoms with Crippen LogP contribution in [0.25, 0.3) is 0 Å². The van der Waals surface area contributed by atoms with Crippen molar-refractivity contribution in [3.8, 4) is 0 Å². The summed E-state index contributed by atoms with van der Waals surface area (Å²) in [6.07, 6.45) is -4.30. The van der Waals surface area contributed by atoms with E-state index in [9.17, 15) is 18.0 Å². The SMILES string of the molecule is O=C1CCN(Cc2ccc(Cl)cc2)C(C(F)(F)F)CN1. The first-order chi connectivity index (χ1) is 9.36. The summed E-state index contributed by atoms with van der Waals surface area (Å²) >= 11 is 5.75. The predicted octanol–water partition coefficient (Wildman–Crippen LogP) is 2.59. The standard InChI is InChI=1S/C13H14ClF3N2O/c14-10-3-1-9(2-4-10)8-19-6-5-12(20)18-7-11(19)13(15,16)17/h1-4,11H,5-8H2,(H,18,20). The number of benzene rings is 1. The number of alkyl halides is 3. The zero-order valence-corrected chi connectivity index (χ0v) is 11.3. The number of amides is 1. The van der Waals surface area contributed by atoms with Crippen molar-refractivity contribution in [2.45, 2.75) is 25.2 Å². The lowest BCUT2D eigenvalue weighted by Gasteiger charge is -2.30. The number of nitrogens with zero attached hydrogens (tertiary/aromatic N) is 1. The maximum atomic E-state index is 13.1. The number of hydrogen-bond acceptors (Lipinski definition) is 2. The highest BCUT2D eigenvalue weighted by Gasteiger charge is 2.44. The van der Waals surface area contributed by atoms with Crippen molar-refractivity contribution < 1.29 is 18.0 Å². The third-order valence-electron chi connectivity index (χ3n) is 3.24. The van der Waals surface area contributed by atoms with Crippen LogP contribution in [0.4, 0.5) is 13.2 Å². The normalized spacial score (nSPS) is 21.4. The van der Waals surface area contributed by atoms with E-state index in [1.54, 1.807) is 24.3 Å². The summed E-state index contributed by atoms with van der Waals surface area (Å²) in [7, 11) is 0. The van der Waals surface area contributed by atoms with Crippen molar-refractivity contribution in [1.29, 1.82) is 0 Å². The highest BCUT2D eigenvalue weighted by atomic mass is 35.5. The van der Waals surface area contributed by atoms with Gasteiger partial charge in [-0.25, -0.2) is 0 Å². The van der Waals surface area contributed by atoms with E-state index in [0.29, 0.717) is 5.02 Å². The molecule has 1 aromatic rings. The minimum absolute atomic E-state index is 0.0696. The fraction of sp³-hybridized carbons (Fsp3) is 0.462. The second kappa shape index (κ2) is 6.01. The highest BCUT2D eigenvalue weighted by molar-refractivity contribution is 6.30. The smallest absolute Gasteiger partial charge is 0.354 e. The maximum Gasteiger partial charge on any atom is 0.405 e. The van der Waals surface area contributed by atoms with Gasteiger partial charge in [-0.2, -0.15) is 13.2 Å². The first-order valence-electron chi connectivity index (χ1n) is 6.18. The number of halogens is 4. The molecule has 0 radical (unpaired) electrons. The molecule has 1 aliphatic rings. The van der Waals surface area contributed by atoms with Crippen molar-refractivity contribution in [2.24, 2.45) is 0 Å². The van der Waals surface area contributed by atoms with Crippen LogP contribution in [0, 0.1) is 0 Å². The molecule has 20 heavy (non-hydrogen) atoms. The monoisotopic (exact) mass is 306 g/mol. The number of carbonyl (C=O) groups excluding carboxylic acids is 1. The number of carbonyl (C=O) groups is 1. The lowest BCUT2D eigenvalue weighted by Crippen LogP contribution is -2.49. The fourth-order valence-electron chi connectivity index (χ4n) is 2.17. The average molecular weight is 307 g/mol. The molecule has 1 amide bonds. The summed E-state index contributed by atoms with van der Waals surface area (Å²) in [5.74, 6) is -0.349. The lowest BCUT2D eigenvalue weighted by molar-refractivity contribution is -0.182. The molecular weight excluding hydrogens is 293 g/mol. The van der Waals surface area contributed by atoms with Gasteiger partial charge < -0.3 is 5.32 Å². The Labute approximate surface area is 119 Å². The van der Waals surface area contributed by atoms with Crippen LogP contribution < -0.4 is 5.32 Å². The first kappa shape index (κ1) is 15.1. The van der Waals surface area contributed by atoms with E-state index in [1.165, 1.54) is 4.90 Å². The molecule has 0 aliphatic carbocycles. The average Bonchev–Trinajstić information content (AvgIpc) is 2.54. The van der Waals surface area contributed by atoms with Gasteiger partial charge in [-0.15, -0.1) is 0 Å². The summed E-state index contributed by atoms with van der Waals surface area (Å²) in [6, 6.07) is 5.00. The zero-order valence-electron chi connectivity index (χ0n) is 10.6. The van der Waals surface area contributed by atoms with Gasteiger partial charge in [0, 0.05) is 31.1 Å². The van der Waals surface area contributed by atoms with Gasteiger partial charge in [0.15, 0.2) is 0 Å². The van der Waals surface area contributed by atoms with Crippen molar-refractivity contribution in [3.63, 3.8) is 0 Å². The van der Waals surface area contributed by atoms with Gasteiger partial charge in [0.1, 0.15) is 6.04 Å². The molecule has 1 aromatic carbocycles. The summed E-state index contributed by atoms with van der Waals surface area (Å²) in [5, 5.41) is 2.84. The zero-order chi connectivity index (χ0) is 14.8. The molecule has 0 spiro atoms. The van der Waals surface area contributed by atoms with E-state index in [2.05, 4.69) is 5.32 Å². The minimum atomic E-state index is -4.37. The molecule has 0 saturated carbocycles. The molecule has 1 heterocycles. The molecule has 110 valence electrons. The Morgan fingerprint density at radius 3 is 2.55 bits per heavy atom. The molecule has 1 unspecified atom stereocenters. The van der Waals surface area contributed by atoms with E-state index in [0.717, 1.165) is 5.56 Å². The first-order valence-corrected chi connectivity index (χ1v) is 6.56. The van der Waals surface area contributed by atoms with Gasteiger partial charge in [0.05, 0.1) is 0 Å². The van der Waals surface area contributed by atoms with E-state index in [4.69, 9.17) is 11.6 Å². The molecule has 2 rings (SSSR count). The Kier molecular flexibility index (Phi) is 4.55. The Balaban J connectivity index is 2.16. The van der Waals surface area contributed by atoms with Crippen LogP contribution >= 0.6 is 11.6 Å². The Morgan fingerprint density at radius 2 is 1.95 bits per heavy atom. The quantitative estimate of drug-likeness (QED) is 0.911. The minimum Gasteiger partial charge on any atom is -0.354 e. The molecule has 1 fully saturated rings. The summed E-state index contributed by atoms with van der Waals surface area (Å²) < 4.78 is 39.2. The third kappa shape index (κ3) is 3.86. The molecule has 7 heteroatoms. The summed E-state index contributed by atoms with van der Waals surface area (Å²) in [4.78, 5) is 12.6. The van der Waals surface area contributed by atoms with Crippen LogP contribution in [0.15, 0.2) is 24.3 Å². The van der Waals surface area contributed by atoms with Gasteiger partial charge in [-0.3, -0.25) is 9.69 Å². The number of hydrogen-bond donors (Lipinski definition) is 1. The predicted molar refractivity (Wildman–Crippen MR) is 69.3 cm³/mol. The lowest BCUT2D eigenvalue weighted by atomic mass is 10.1. The largest absolute Gasteiger partial charge is 0.405 e. The fourth-order valence-corrected chi connectivity index (χ4v) is 2.29. The summed E-state index contributed by atoms with van der Waals surface area (Å²) in [5.41, 5.74) is 0.734. The number of nitrogens with one attached hydrogen (secondary N) is 1. The molecule has 1 atom stereocenters. The van der Waals surface area contributed by atoms with Gasteiger partial charge >= 0.3 is 6.18 Å². The summed E-state index contributed by atoms with van der Waals surface area (Å²) in [6.45, 7) is -0.190. The van der Waals surface area contributed by atoms with Crippen LogP contribution in [0.3, 0.4) is 0 Å². The van der Waals surface area contributed by atoms with Crippen LogP contribution in [-0.2, 0) is 11.3 Å². The van der Waals surface area contributed by atoms with Gasteiger partial charge in [0.25, 0.3) is 0 Å². The van der Waals surface area contributed by atoms with E-state index in [-0.39, 0.29) is 25.4 Å². The van der Waals surface area contributed by atoms with Crippen LogP contribution in [0.5, 0.6) is 0 Å². The van der Waals surface area contributed by atoms with Crippen molar-refractivity contribution in [2.75, 3.05) is 13.1 Å². The molecule has 0 aromatic heterocycles. The van der Waals surface area contributed by atoms with Crippen molar-refractivity contribution in [1.82, 2.24) is 10.2 Å². The van der Waals surface area contributed by atoms with Crippen molar-refractivity contribution in [3.05, 3.63) is 34.9 Å². The molecular formula is C13H14ClF3N2O. The molecule has 1 saturated heterocycles. The molecule has 0 bridgehead atoms. The van der Waals surface area contributed by atoms with Gasteiger partial charge in [-0.1, -0.05) is 23.7 Å². The van der Waals surface area contributed by atoms with E-state index >= 15 is 0 Å². The van der Waals surface area contributed by atoms with Gasteiger partial charge in [-0.05, 0) is 17.7 Å². The second-order valence-corrected chi connectivity index (χ2v) is 5.14. The Morgan fingerprint density at radius 1 is 1.30 bits per heavy atom. The third-order valence-corrected chi connectivity index (χ3v) is 3.49. The topological polar surface area (TPSA) is 32.3 Å². The maximum absolute atomic E-state index is 13.1. The van der Waals surface area contributed by atoms with E-state index < -0.39 is 18.8 Å². The van der Waals surface area contributed by atoms with Gasteiger partial charge in [0.2, 0.25) is 5.91 Å². The second-order valence-electron chi connectivity index (χ2n) is 4.71. The molecule has 1 aliphatic heterocycles. The van der Waals surface area contributed by atoms with Crippen LogP contribution in [-0.4, -0.2) is 36.1 Å². The van der Waals surface area contributed by atoms with Crippen LogP contribution in [0.2, 0.25) is 5.02 Å². The van der Waals surface area contributed by atoms with Crippen LogP contribution in [0.1, 0.15) is 12.0 Å².